The number of carbonyl (C=O) groups is 2. The van der Waals surface area contributed by atoms with Crippen molar-refractivity contribution in [1.29, 1.82) is 0 Å². The van der Waals surface area contributed by atoms with Crippen molar-refractivity contribution in [2.45, 2.75) is 44.8 Å². The first-order valence-electron chi connectivity index (χ1n) is 12.2. The van der Waals surface area contributed by atoms with Crippen LogP contribution >= 0.6 is 11.6 Å². The van der Waals surface area contributed by atoms with E-state index >= 15 is 0 Å². The molecule has 0 saturated carbocycles. The van der Waals surface area contributed by atoms with E-state index < -0.39 is 27.8 Å². The number of hydrogen-bond acceptors (Lipinski definition) is 9. The molecule has 2 aromatic rings. The Kier molecular flexibility index (Phi) is 10.4. The predicted molar refractivity (Wildman–Crippen MR) is 143 cm³/mol. The number of hydrogen-bond donors (Lipinski definition) is 2. The molecule has 0 aliphatic carbocycles. The zero-order valence-corrected chi connectivity index (χ0v) is 23.1. The summed E-state index contributed by atoms with van der Waals surface area (Å²) in [6.07, 6.45) is 3.29. The summed E-state index contributed by atoms with van der Waals surface area (Å²) >= 11 is 5.96. The van der Waals surface area contributed by atoms with Gasteiger partial charge in [0.25, 0.3) is 10.1 Å². The van der Waals surface area contributed by atoms with E-state index in [1.165, 1.54) is 0 Å². The third kappa shape index (κ3) is 7.99. The maximum atomic E-state index is 13.5. The van der Waals surface area contributed by atoms with Crippen LogP contribution in [0.25, 0.3) is 0 Å². The second-order valence-electron chi connectivity index (χ2n) is 9.13. The molecule has 11 nitrogen and oxygen atoms in total. The first-order chi connectivity index (χ1) is 18.1. The minimum absolute atomic E-state index is 0. The molecular formula is C26H32ClN3O8S. The van der Waals surface area contributed by atoms with Crippen LogP contribution in [0.4, 0.5) is 0 Å². The van der Waals surface area contributed by atoms with E-state index in [4.69, 9.17) is 30.4 Å². The van der Waals surface area contributed by atoms with Crippen molar-refractivity contribution in [1.82, 2.24) is 16.0 Å². The van der Waals surface area contributed by atoms with E-state index in [0.29, 0.717) is 46.5 Å². The Balaban J connectivity index is 0.00000420. The van der Waals surface area contributed by atoms with Crippen LogP contribution in [0.1, 0.15) is 43.2 Å². The van der Waals surface area contributed by atoms with Crippen LogP contribution in [0.15, 0.2) is 53.9 Å². The van der Waals surface area contributed by atoms with Gasteiger partial charge in [-0.2, -0.15) is 8.42 Å². The molecule has 0 spiro atoms. The van der Waals surface area contributed by atoms with E-state index in [0.717, 1.165) is 12.8 Å². The largest absolute Gasteiger partial charge is 0.492 e. The first kappa shape index (κ1) is 30.5. The molecule has 2 aliphatic heterocycles. The number of benzene rings is 1. The Morgan fingerprint density at radius 3 is 2.69 bits per heavy atom. The molecule has 212 valence electrons. The lowest BCUT2D eigenvalue weighted by molar-refractivity contribution is -0.141. The van der Waals surface area contributed by atoms with Crippen LogP contribution in [0.5, 0.6) is 5.75 Å². The Morgan fingerprint density at radius 1 is 1.26 bits per heavy atom. The van der Waals surface area contributed by atoms with Crippen molar-refractivity contribution >= 4 is 33.6 Å². The number of para-hydroxylation sites is 1. The van der Waals surface area contributed by atoms with E-state index in [2.05, 4.69) is 4.98 Å². The van der Waals surface area contributed by atoms with Gasteiger partial charge in [0.2, 0.25) is 5.91 Å². The summed E-state index contributed by atoms with van der Waals surface area (Å²) in [5.41, 5.74) is 2.03. The second-order valence-corrected chi connectivity index (χ2v) is 11.1. The highest BCUT2D eigenvalue weighted by Crippen LogP contribution is 2.38. The van der Waals surface area contributed by atoms with Gasteiger partial charge in [0.1, 0.15) is 29.9 Å². The van der Waals surface area contributed by atoms with Gasteiger partial charge in [-0.05, 0) is 37.5 Å². The SMILES string of the molecule is CC1=C(C(=O)OCc2ccccc2OCCS(=O)(=O)O)[C@@H](c2ccc(Cl)nc2)CC(=O)N1C[C@@H]1CCCO1.N. The standard InChI is InChI=1S/C26H29ClN2O8S.H3N/c1-17-25(26(31)37-16-19-5-2-3-7-22(19)36-11-12-38(32,33)34)21(18-8-9-23(27)28-14-18)13-24(30)29(17)15-20-6-4-10-35-20;/h2-3,5,7-9,14,20-21H,4,6,10-13,15-16H2,1H3,(H,32,33,34);1H3/t20-,21+;/m0./s1. The van der Waals surface area contributed by atoms with Crippen molar-refractivity contribution in [3.05, 3.63) is 70.1 Å². The average Bonchev–Trinajstić information content (AvgIpc) is 3.38. The van der Waals surface area contributed by atoms with E-state index in [-0.39, 0.29) is 37.8 Å². The van der Waals surface area contributed by atoms with Gasteiger partial charge in [0, 0.05) is 36.4 Å². The third-order valence-corrected chi connectivity index (χ3v) is 7.44. The van der Waals surface area contributed by atoms with Crippen molar-refractivity contribution < 1.29 is 36.8 Å². The Labute approximate surface area is 232 Å². The summed E-state index contributed by atoms with van der Waals surface area (Å²) in [6, 6.07) is 10.1. The van der Waals surface area contributed by atoms with Crippen molar-refractivity contribution in [3.8, 4) is 5.75 Å². The molecule has 4 rings (SSSR count). The summed E-state index contributed by atoms with van der Waals surface area (Å²) < 4.78 is 47.9. The van der Waals surface area contributed by atoms with Gasteiger partial charge in [0.05, 0.1) is 18.2 Å². The molecule has 3 heterocycles. The van der Waals surface area contributed by atoms with Crippen molar-refractivity contribution in [2.75, 3.05) is 25.5 Å². The fourth-order valence-electron chi connectivity index (χ4n) is 4.61. The van der Waals surface area contributed by atoms with Gasteiger partial charge < -0.3 is 25.3 Å². The molecule has 1 aromatic carbocycles. The van der Waals surface area contributed by atoms with Crippen molar-refractivity contribution in [3.63, 3.8) is 0 Å². The number of amides is 1. The van der Waals surface area contributed by atoms with Gasteiger partial charge in [0.15, 0.2) is 0 Å². The van der Waals surface area contributed by atoms with Crippen LogP contribution in [0.2, 0.25) is 5.15 Å². The zero-order valence-electron chi connectivity index (χ0n) is 21.5. The summed E-state index contributed by atoms with van der Waals surface area (Å²) in [4.78, 5) is 32.4. The lowest BCUT2D eigenvalue weighted by Crippen LogP contribution is -2.42. The molecule has 1 saturated heterocycles. The number of ether oxygens (including phenoxy) is 3. The number of rotatable bonds is 10. The summed E-state index contributed by atoms with van der Waals surface area (Å²) in [5.74, 6) is -1.53. The highest BCUT2D eigenvalue weighted by Gasteiger charge is 2.38. The molecule has 1 fully saturated rings. The number of carbonyl (C=O) groups excluding carboxylic acids is 2. The maximum absolute atomic E-state index is 13.5. The number of pyridine rings is 1. The van der Waals surface area contributed by atoms with Crippen LogP contribution in [-0.4, -0.2) is 66.3 Å². The number of aromatic nitrogens is 1. The topological polar surface area (TPSA) is 167 Å². The van der Waals surface area contributed by atoms with Crippen LogP contribution in [-0.2, 0) is 35.8 Å². The Bertz CT molecular complexity index is 1310. The molecule has 0 bridgehead atoms. The van der Waals surface area contributed by atoms with E-state index in [1.807, 2.05) is 0 Å². The summed E-state index contributed by atoms with van der Waals surface area (Å²) in [6.45, 7) is 2.32. The van der Waals surface area contributed by atoms with E-state index in [1.54, 1.807) is 54.4 Å². The molecule has 0 unspecified atom stereocenters. The zero-order chi connectivity index (χ0) is 27.3. The van der Waals surface area contributed by atoms with E-state index in [9.17, 15) is 18.0 Å². The molecule has 2 aliphatic rings. The normalized spacial score (nSPS) is 19.6. The summed E-state index contributed by atoms with van der Waals surface area (Å²) in [7, 11) is -4.18. The van der Waals surface area contributed by atoms with Gasteiger partial charge in [-0.1, -0.05) is 35.9 Å². The van der Waals surface area contributed by atoms with Gasteiger partial charge in [-0.3, -0.25) is 9.35 Å². The molecule has 0 radical (unpaired) electrons. The molecule has 1 aromatic heterocycles. The van der Waals surface area contributed by atoms with Gasteiger partial charge >= 0.3 is 5.97 Å². The molecular weight excluding hydrogens is 550 g/mol. The average molecular weight is 582 g/mol. The molecule has 39 heavy (non-hydrogen) atoms. The molecule has 13 heteroatoms. The predicted octanol–water partition coefficient (Wildman–Crippen LogP) is 3.68. The summed E-state index contributed by atoms with van der Waals surface area (Å²) in [5, 5.41) is 0.298. The second kappa shape index (κ2) is 13.4. The van der Waals surface area contributed by atoms with Crippen LogP contribution in [0, 0.1) is 0 Å². The molecule has 4 N–H and O–H groups in total. The smallest absolute Gasteiger partial charge is 0.336 e. The number of nitrogens with zero attached hydrogens (tertiary/aromatic N) is 2. The minimum Gasteiger partial charge on any atom is -0.492 e. The first-order valence-corrected chi connectivity index (χ1v) is 14.2. The van der Waals surface area contributed by atoms with Crippen LogP contribution < -0.4 is 10.9 Å². The lowest BCUT2D eigenvalue weighted by Gasteiger charge is -2.35. The monoisotopic (exact) mass is 581 g/mol. The third-order valence-electron chi connectivity index (χ3n) is 6.54. The minimum atomic E-state index is -4.18. The molecule has 2 atom stereocenters. The fourth-order valence-corrected chi connectivity index (χ4v) is 5.02. The number of allylic oxidation sites excluding steroid dienone is 1. The van der Waals surface area contributed by atoms with Crippen LogP contribution in [0.3, 0.4) is 0 Å². The lowest BCUT2D eigenvalue weighted by atomic mass is 9.84. The highest BCUT2D eigenvalue weighted by atomic mass is 35.5. The quantitative estimate of drug-likeness (QED) is 0.240. The maximum Gasteiger partial charge on any atom is 0.336 e. The fraction of sp³-hybridized carbons (Fsp3) is 0.423. The number of halogens is 1. The Morgan fingerprint density at radius 2 is 2.03 bits per heavy atom. The number of esters is 1. The van der Waals surface area contributed by atoms with Gasteiger partial charge in [-0.25, -0.2) is 9.78 Å². The molecule has 1 amide bonds. The van der Waals surface area contributed by atoms with Crippen molar-refractivity contribution in [2.24, 2.45) is 0 Å². The highest BCUT2D eigenvalue weighted by molar-refractivity contribution is 7.85. The van der Waals surface area contributed by atoms with Gasteiger partial charge in [-0.15, -0.1) is 0 Å². The Hall–Kier alpha value is -3.03.